The van der Waals surface area contributed by atoms with E-state index in [-0.39, 0.29) is 6.61 Å². The lowest BCUT2D eigenvalue weighted by molar-refractivity contribution is 0.307. The van der Waals surface area contributed by atoms with Gasteiger partial charge in [0.2, 0.25) is 0 Å². The summed E-state index contributed by atoms with van der Waals surface area (Å²) in [6.45, 7) is 0.840. The second kappa shape index (κ2) is 7.93. The molecule has 0 atom stereocenters. The van der Waals surface area contributed by atoms with Crippen LogP contribution in [0.1, 0.15) is 11.3 Å². The van der Waals surface area contributed by atoms with Crippen LogP contribution in [0.25, 0.3) is 27.6 Å². The van der Waals surface area contributed by atoms with Crippen molar-refractivity contribution < 1.29 is 5.11 Å². The number of hydrogen-bond acceptors (Lipinski definition) is 7. The predicted molar refractivity (Wildman–Crippen MR) is 109 cm³/mol. The van der Waals surface area contributed by atoms with E-state index in [4.69, 9.17) is 10.8 Å². The number of fused-ring (bicyclic) bond motifs is 2. The number of hydrogen-bond donors (Lipinski definition) is 2. The van der Waals surface area contributed by atoms with Crippen molar-refractivity contribution in [2.75, 3.05) is 13.2 Å². The molecule has 0 aliphatic heterocycles. The topological polar surface area (TPSA) is 115 Å². The fourth-order valence-electron chi connectivity index (χ4n) is 2.93. The van der Waals surface area contributed by atoms with E-state index in [1.165, 1.54) is 6.20 Å². The lowest BCUT2D eigenvalue weighted by atomic mass is 10.1. The largest absolute Gasteiger partial charge is 0.404 e. The number of rotatable bonds is 6. The summed E-state index contributed by atoms with van der Waals surface area (Å²) in [6.07, 6.45) is 4.83. The molecule has 8 heteroatoms. The molecule has 4 aromatic rings. The first-order valence-corrected chi connectivity index (χ1v) is 8.85. The molecule has 4 rings (SSSR count). The van der Waals surface area contributed by atoms with Gasteiger partial charge in [-0.1, -0.05) is 17.3 Å². The Bertz CT molecular complexity index is 1180. The van der Waals surface area contributed by atoms with Gasteiger partial charge in [-0.15, -0.1) is 5.10 Å². The molecule has 28 heavy (non-hydrogen) atoms. The van der Waals surface area contributed by atoms with Crippen LogP contribution in [0, 0.1) is 0 Å². The maximum atomic E-state index is 8.87. The van der Waals surface area contributed by atoms with Gasteiger partial charge in [0, 0.05) is 29.6 Å². The molecule has 3 heterocycles. The van der Waals surface area contributed by atoms with E-state index in [1.54, 1.807) is 17.1 Å². The summed E-state index contributed by atoms with van der Waals surface area (Å²) in [7, 11) is 0. The van der Waals surface area contributed by atoms with Crippen molar-refractivity contribution in [2.24, 2.45) is 10.7 Å². The van der Waals surface area contributed by atoms with E-state index >= 15 is 0 Å². The van der Waals surface area contributed by atoms with E-state index in [0.717, 1.165) is 16.5 Å². The van der Waals surface area contributed by atoms with Gasteiger partial charge < -0.3 is 10.8 Å². The lowest BCUT2D eigenvalue weighted by Crippen LogP contribution is -2.04. The van der Waals surface area contributed by atoms with Gasteiger partial charge in [-0.25, -0.2) is 9.67 Å². The van der Waals surface area contributed by atoms with Crippen LogP contribution in [0.2, 0.25) is 0 Å². The molecule has 3 aromatic heterocycles. The Morgan fingerprint density at radius 3 is 2.93 bits per heavy atom. The maximum Gasteiger partial charge on any atom is 0.179 e. The number of aliphatic imine (C=N–C) groups is 1. The maximum absolute atomic E-state index is 8.87. The van der Waals surface area contributed by atoms with Crippen molar-refractivity contribution >= 4 is 33.9 Å². The Kier molecular flexibility index (Phi) is 5.03. The number of pyridine rings is 2. The highest BCUT2D eigenvalue weighted by Crippen LogP contribution is 2.18. The number of benzene rings is 1. The number of aromatic nitrogens is 5. The zero-order valence-corrected chi connectivity index (χ0v) is 15.1. The highest BCUT2D eigenvalue weighted by molar-refractivity contribution is 6.09. The van der Waals surface area contributed by atoms with Gasteiger partial charge in [0.25, 0.3) is 0 Å². The highest BCUT2D eigenvalue weighted by atomic mass is 16.3. The van der Waals surface area contributed by atoms with Crippen LogP contribution in [-0.2, 0) is 6.54 Å². The molecule has 0 saturated heterocycles. The standard InChI is InChI=1S/C20H19N7O/c21-11-16(12-22-8-9-28)18-5-6-19-20(24-18)27(26-25-19)13-14-3-4-17-15(10-14)2-1-7-23-17/h1-7,10-12,28H,8-9,13,21H2. The van der Waals surface area contributed by atoms with Crippen molar-refractivity contribution in [1.82, 2.24) is 25.0 Å². The van der Waals surface area contributed by atoms with Crippen molar-refractivity contribution in [3.05, 3.63) is 66.1 Å². The van der Waals surface area contributed by atoms with E-state index in [2.05, 4.69) is 31.3 Å². The van der Waals surface area contributed by atoms with E-state index < -0.39 is 0 Å². The Labute approximate surface area is 161 Å². The van der Waals surface area contributed by atoms with Crippen LogP contribution in [0.15, 0.2) is 59.9 Å². The van der Waals surface area contributed by atoms with Gasteiger partial charge in [-0.3, -0.25) is 9.98 Å². The number of aliphatic hydroxyl groups excluding tert-OH is 1. The Morgan fingerprint density at radius 1 is 1.18 bits per heavy atom. The summed E-state index contributed by atoms with van der Waals surface area (Å²) in [5.41, 5.74) is 10.5. The van der Waals surface area contributed by atoms with E-state index in [1.807, 2.05) is 36.4 Å². The first-order chi connectivity index (χ1) is 13.8. The molecule has 3 N–H and O–H groups in total. The molecular formula is C20H19N7O. The summed E-state index contributed by atoms with van der Waals surface area (Å²) in [5.74, 6) is 0. The molecule has 1 aromatic carbocycles. The third kappa shape index (κ3) is 3.58. The zero-order chi connectivity index (χ0) is 19.3. The summed E-state index contributed by atoms with van der Waals surface area (Å²) in [6, 6.07) is 13.7. The summed E-state index contributed by atoms with van der Waals surface area (Å²) >= 11 is 0. The monoisotopic (exact) mass is 373 g/mol. The minimum atomic E-state index is -0.0151. The Morgan fingerprint density at radius 2 is 2.07 bits per heavy atom. The SMILES string of the molecule is NC=C(C=NCCO)c1ccc2nnn(Cc3ccc4ncccc4c3)c2n1. The fourth-order valence-corrected chi connectivity index (χ4v) is 2.93. The van der Waals surface area contributed by atoms with Crippen LogP contribution < -0.4 is 5.73 Å². The molecule has 0 unspecified atom stereocenters. The minimum Gasteiger partial charge on any atom is -0.404 e. The zero-order valence-electron chi connectivity index (χ0n) is 15.1. The quantitative estimate of drug-likeness (QED) is 0.498. The van der Waals surface area contributed by atoms with Gasteiger partial charge in [0.05, 0.1) is 30.9 Å². The Balaban J connectivity index is 1.67. The van der Waals surface area contributed by atoms with Crippen LogP contribution >= 0.6 is 0 Å². The van der Waals surface area contributed by atoms with Gasteiger partial charge >= 0.3 is 0 Å². The van der Waals surface area contributed by atoms with Crippen molar-refractivity contribution in [1.29, 1.82) is 0 Å². The Hall–Kier alpha value is -3.65. The van der Waals surface area contributed by atoms with E-state index in [9.17, 15) is 0 Å². The fraction of sp³-hybridized carbons (Fsp3) is 0.150. The molecule has 0 spiro atoms. The van der Waals surface area contributed by atoms with Crippen molar-refractivity contribution in [2.45, 2.75) is 6.54 Å². The molecule has 8 nitrogen and oxygen atoms in total. The predicted octanol–water partition coefficient (Wildman–Crippen LogP) is 1.79. The third-order valence-electron chi connectivity index (χ3n) is 4.29. The summed E-state index contributed by atoms with van der Waals surface area (Å²) < 4.78 is 1.76. The normalized spacial score (nSPS) is 12.4. The van der Waals surface area contributed by atoms with Crippen LogP contribution in [-0.4, -0.2) is 49.4 Å². The van der Waals surface area contributed by atoms with E-state index in [0.29, 0.717) is 35.5 Å². The second-order valence-electron chi connectivity index (χ2n) is 6.20. The van der Waals surface area contributed by atoms with Gasteiger partial charge in [0.15, 0.2) is 5.65 Å². The number of nitrogens with zero attached hydrogens (tertiary/aromatic N) is 6. The average molecular weight is 373 g/mol. The van der Waals surface area contributed by atoms with Crippen molar-refractivity contribution in [3.8, 4) is 0 Å². The molecule has 0 bridgehead atoms. The molecular weight excluding hydrogens is 354 g/mol. The van der Waals surface area contributed by atoms with Crippen molar-refractivity contribution in [3.63, 3.8) is 0 Å². The molecule has 140 valence electrons. The second-order valence-corrected chi connectivity index (χ2v) is 6.20. The van der Waals surface area contributed by atoms with Gasteiger partial charge in [0.1, 0.15) is 5.52 Å². The van der Waals surface area contributed by atoms with Crippen LogP contribution in [0.4, 0.5) is 0 Å². The number of allylic oxidation sites excluding steroid dienone is 1. The van der Waals surface area contributed by atoms with Gasteiger partial charge in [-0.05, 0) is 35.9 Å². The highest BCUT2D eigenvalue weighted by Gasteiger charge is 2.10. The molecule has 0 amide bonds. The first-order valence-electron chi connectivity index (χ1n) is 8.85. The molecule has 0 aliphatic carbocycles. The number of nitrogens with two attached hydrogens (primary N) is 1. The summed E-state index contributed by atoms with van der Waals surface area (Å²) in [5, 5.41) is 18.4. The molecule has 0 fully saturated rings. The lowest BCUT2D eigenvalue weighted by Gasteiger charge is -2.05. The molecule has 0 aliphatic rings. The van der Waals surface area contributed by atoms with Crippen LogP contribution in [0.3, 0.4) is 0 Å². The average Bonchev–Trinajstić information content (AvgIpc) is 3.13. The third-order valence-corrected chi connectivity index (χ3v) is 4.29. The molecule has 0 saturated carbocycles. The van der Waals surface area contributed by atoms with Gasteiger partial charge in [-0.2, -0.15) is 0 Å². The number of aliphatic hydroxyl groups is 1. The minimum absolute atomic E-state index is 0.0151. The first kappa shape index (κ1) is 17.7. The smallest absolute Gasteiger partial charge is 0.179 e. The van der Waals surface area contributed by atoms with Crippen LogP contribution in [0.5, 0.6) is 0 Å². The molecule has 0 radical (unpaired) electrons. The summed E-state index contributed by atoms with van der Waals surface area (Å²) in [4.78, 5) is 13.1.